The fourth-order valence-corrected chi connectivity index (χ4v) is 4.25. The molecule has 3 heterocycles. The van der Waals surface area contributed by atoms with Crippen LogP contribution in [-0.4, -0.2) is 31.8 Å². The lowest BCUT2D eigenvalue weighted by Crippen LogP contribution is -2.27. The summed E-state index contributed by atoms with van der Waals surface area (Å²) in [7, 11) is -3.49. The summed E-state index contributed by atoms with van der Waals surface area (Å²) in [4.78, 5) is 0.943. The molecule has 0 fully saturated rings. The summed E-state index contributed by atoms with van der Waals surface area (Å²) < 4.78 is 37.5. The van der Waals surface area contributed by atoms with E-state index in [0.29, 0.717) is 21.5 Å². The Labute approximate surface area is 143 Å². The number of thiophene rings is 1. The van der Waals surface area contributed by atoms with E-state index in [0.717, 1.165) is 4.88 Å². The van der Waals surface area contributed by atoms with Crippen molar-refractivity contribution >= 4 is 21.4 Å². The first kappa shape index (κ1) is 16.6. The normalized spacial score (nSPS) is 11.5. The number of aryl methyl sites for hydroxylation is 1. The van der Waals surface area contributed by atoms with Crippen LogP contribution in [0.4, 0.5) is 0 Å². The van der Waals surface area contributed by atoms with Gasteiger partial charge in [-0.1, -0.05) is 0 Å². The SMILES string of the molecule is Cc1ccc(S(=O)(=O)NCCOc2ccc(-c3ccco3)nn2)s1. The first-order valence-electron chi connectivity index (χ1n) is 7.11. The van der Waals surface area contributed by atoms with Crippen LogP contribution in [0.3, 0.4) is 0 Å². The molecule has 0 saturated carbocycles. The third-order valence-electron chi connectivity index (χ3n) is 3.04. The molecule has 126 valence electrons. The average Bonchev–Trinajstić information content (AvgIpc) is 3.24. The summed E-state index contributed by atoms with van der Waals surface area (Å²) in [5, 5.41) is 7.92. The lowest BCUT2D eigenvalue weighted by Gasteiger charge is -2.06. The van der Waals surface area contributed by atoms with Crippen LogP contribution in [0.5, 0.6) is 5.88 Å². The Morgan fingerprint density at radius 1 is 1.21 bits per heavy atom. The number of furan rings is 1. The largest absolute Gasteiger partial charge is 0.475 e. The number of sulfonamides is 1. The predicted molar refractivity (Wildman–Crippen MR) is 89.5 cm³/mol. The molecular weight excluding hydrogens is 350 g/mol. The third kappa shape index (κ3) is 3.99. The third-order valence-corrected chi connectivity index (χ3v) is 5.99. The summed E-state index contributed by atoms with van der Waals surface area (Å²) in [6.45, 7) is 2.15. The van der Waals surface area contributed by atoms with Crippen LogP contribution in [-0.2, 0) is 10.0 Å². The van der Waals surface area contributed by atoms with Crippen molar-refractivity contribution in [2.24, 2.45) is 0 Å². The van der Waals surface area contributed by atoms with Gasteiger partial charge in [-0.3, -0.25) is 0 Å². The standard InChI is InChI=1S/C15H15N3O4S2/c1-11-4-7-15(23-11)24(19,20)16-8-10-22-14-6-5-12(17-18-14)13-3-2-9-21-13/h2-7,9,16H,8,10H2,1H3. The van der Waals surface area contributed by atoms with Crippen LogP contribution in [0.25, 0.3) is 11.5 Å². The molecule has 0 amide bonds. The highest BCUT2D eigenvalue weighted by Crippen LogP contribution is 2.20. The van der Waals surface area contributed by atoms with Crippen molar-refractivity contribution in [3.8, 4) is 17.3 Å². The van der Waals surface area contributed by atoms with Crippen LogP contribution in [0.1, 0.15) is 4.88 Å². The van der Waals surface area contributed by atoms with E-state index in [2.05, 4.69) is 14.9 Å². The molecule has 0 aliphatic rings. The van der Waals surface area contributed by atoms with Gasteiger partial charge in [-0.05, 0) is 37.3 Å². The quantitative estimate of drug-likeness (QED) is 0.646. The van der Waals surface area contributed by atoms with Crippen LogP contribution in [0.15, 0.2) is 51.3 Å². The number of rotatable bonds is 7. The summed E-state index contributed by atoms with van der Waals surface area (Å²) in [5.74, 6) is 0.935. The molecule has 24 heavy (non-hydrogen) atoms. The molecule has 3 aromatic heterocycles. The molecule has 0 radical (unpaired) electrons. The highest BCUT2D eigenvalue weighted by Gasteiger charge is 2.15. The summed E-state index contributed by atoms with van der Waals surface area (Å²) in [5.41, 5.74) is 0.598. The number of hydrogen-bond donors (Lipinski definition) is 1. The summed E-state index contributed by atoms with van der Waals surface area (Å²) in [6.07, 6.45) is 1.56. The number of nitrogens with zero attached hydrogens (tertiary/aromatic N) is 2. The predicted octanol–water partition coefficient (Wildman–Crippen LogP) is 2.46. The second-order valence-corrected chi connectivity index (χ2v) is 8.13. The minimum Gasteiger partial charge on any atom is -0.475 e. The minimum atomic E-state index is -3.49. The smallest absolute Gasteiger partial charge is 0.250 e. The minimum absolute atomic E-state index is 0.140. The van der Waals surface area contributed by atoms with Crippen molar-refractivity contribution in [3.05, 3.63) is 47.5 Å². The highest BCUT2D eigenvalue weighted by molar-refractivity contribution is 7.91. The van der Waals surface area contributed by atoms with Crippen LogP contribution in [0, 0.1) is 6.92 Å². The van der Waals surface area contributed by atoms with E-state index >= 15 is 0 Å². The first-order valence-corrected chi connectivity index (χ1v) is 9.41. The Morgan fingerprint density at radius 2 is 2.08 bits per heavy atom. The van der Waals surface area contributed by atoms with Gasteiger partial charge in [0.2, 0.25) is 15.9 Å². The van der Waals surface area contributed by atoms with E-state index in [-0.39, 0.29) is 13.2 Å². The molecule has 0 unspecified atom stereocenters. The Balaban J connectivity index is 1.50. The van der Waals surface area contributed by atoms with Crippen LogP contribution < -0.4 is 9.46 Å². The lowest BCUT2D eigenvalue weighted by atomic mass is 10.3. The summed E-state index contributed by atoms with van der Waals surface area (Å²) in [6, 6.07) is 10.3. The van der Waals surface area contributed by atoms with Crippen molar-refractivity contribution in [1.29, 1.82) is 0 Å². The number of aromatic nitrogens is 2. The number of nitrogens with one attached hydrogen (secondary N) is 1. The zero-order valence-electron chi connectivity index (χ0n) is 12.8. The molecule has 3 rings (SSSR count). The molecule has 9 heteroatoms. The molecule has 0 saturated heterocycles. The first-order chi connectivity index (χ1) is 11.5. The molecule has 0 atom stereocenters. The molecule has 0 aliphatic heterocycles. The molecule has 0 spiro atoms. The van der Waals surface area contributed by atoms with E-state index in [1.807, 2.05) is 6.92 Å². The topological polar surface area (TPSA) is 94.3 Å². The Hall–Kier alpha value is -2.23. The van der Waals surface area contributed by atoms with E-state index in [1.165, 1.54) is 11.3 Å². The van der Waals surface area contributed by atoms with E-state index < -0.39 is 10.0 Å². The Bertz CT molecular complexity index is 887. The van der Waals surface area contributed by atoms with E-state index in [9.17, 15) is 8.42 Å². The van der Waals surface area contributed by atoms with Crippen molar-refractivity contribution in [1.82, 2.24) is 14.9 Å². The second-order valence-electron chi connectivity index (χ2n) is 4.85. The maximum absolute atomic E-state index is 12.0. The molecular formula is C15H15N3O4S2. The van der Waals surface area contributed by atoms with Gasteiger partial charge in [0, 0.05) is 17.5 Å². The van der Waals surface area contributed by atoms with E-state index in [4.69, 9.17) is 9.15 Å². The lowest BCUT2D eigenvalue weighted by molar-refractivity contribution is 0.307. The van der Waals surface area contributed by atoms with Crippen LogP contribution in [0.2, 0.25) is 0 Å². The number of ether oxygens (including phenoxy) is 1. The van der Waals surface area contributed by atoms with Gasteiger partial charge in [0.05, 0.1) is 6.26 Å². The molecule has 0 aliphatic carbocycles. The van der Waals surface area contributed by atoms with Gasteiger partial charge in [-0.15, -0.1) is 21.5 Å². The Kier molecular flexibility index (Phi) is 4.93. The maximum atomic E-state index is 12.0. The average molecular weight is 365 g/mol. The van der Waals surface area contributed by atoms with Crippen molar-refractivity contribution < 1.29 is 17.6 Å². The molecule has 0 bridgehead atoms. The van der Waals surface area contributed by atoms with Gasteiger partial charge in [-0.25, -0.2) is 13.1 Å². The van der Waals surface area contributed by atoms with Gasteiger partial charge in [-0.2, -0.15) is 0 Å². The van der Waals surface area contributed by atoms with Crippen LogP contribution >= 0.6 is 11.3 Å². The van der Waals surface area contributed by atoms with E-state index in [1.54, 1.807) is 42.7 Å². The van der Waals surface area contributed by atoms with Crippen molar-refractivity contribution in [3.63, 3.8) is 0 Å². The zero-order valence-corrected chi connectivity index (χ0v) is 14.4. The second kappa shape index (κ2) is 7.12. The van der Waals surface area contributed by atoms with Gasteiger partial charge < -0.3 is 9.15 Å². The monoisotopic (exact) mass is 365 g/mol. The Morgan fingerprint density at radius 3 is 2.71 bits per heavy atom. The highest BCUT2D eigenvalue weighted by atomic mass is 32.2. The van der Waals surface area contributed by atoms with Gasteiger partial charge in [0.1, 0.15) is 16.5 Å². The molecule has 3 aromatic rings. The summed E-state index contributed by atoms with van der Waals surface area (Å²) >= 11 is 1.23. The molecule has 7 nitrogen and oxygen atoms in total. The maximum Gasteiger partial charge on any atom is 0.250 e. The zero-order chi connectivity index (χ0) is 17.0. The van der Waals surface area contributed by atoms with Crippen molar-refractivity contribution in [2.75, 3.05) is 13.2 Å². The van der Waals surface area contributed by atoms with Crippen molar-refractivity contribution in [2.45, 2.75) is 11.1 Å². The molecule has 1 N–H and O–H groups in total. The number of hydrogen-bond acceptors (Lipinski definition) is 7. The fraction of sp³-hybridized carbons (Fsp3) is 0.200. The fourth-order valence-electron chi connectivity index (χ4n) is 1.91. The molecule has 0 aromatic carbocycles. The van der Waals surface area contributed by atoms with Gasteiger partial charge >= 0.3 is 0 Å². The van der Waals surface area contributed by atoms with Gasteiger partial charge in [0.25, 0.3) is 0 Å². The van der Waals surface area contributed by atoms with Gasteiger partial charge in [0.15, 0.2) is 5.76 Å².